The first kappa shape index (κ1) is 24.1. The monoisotopic (exact) mass is 495 g/mol. The predicted molar refractivity (Wildman–Crippen MR) is 121 cm³/mol. The third-order valence-electron chi connectivity index (χ3n) is 4.67. The Morgan fingerprint density at radius 3 is 2.34 bits per heavy atom. The van der Waals surface area contributed by atoms with Crippen LogP contribution in [0.5, 0.6) is 0 Å². The lowest BCUT2D eigenvalue weighted by Crippen LogP contribution is -2.40. The molecule has 10 heteroatoms. The van der Waals surface area contributed by atoms with Gasteiger partial charge >= 0.3 is 0 Å². The van der Waals surface area contributed by atoms with E-state index in [4.69, 9.17) is 23.2 Å². The van der Waals surface area contributed by atoms with Crippen LogP contribution in [0.2, 0.25) is 10.0 Å². The lowest BCUT2D eigenvalue weighted by molar-refractivity contribution is -0.132. The third-order valence-corrected chi connectivity index (χ3v) is 7.23. The van der Waals surface area contributed by atoms with Gasteiger partial charge in [0.2, 0.25) is 15.9 Å². The molecule has 3 rings (SSSR count). The van der Waals surface area contributed by atoms with Gasteiger partial charge in [0.1, 0.15) is 5.82 Å². The Kier molecular flexibility index (Phi) is 7.84. The first-order chi connectivity index (χ1) is 15.2. The summed E-state index contributed by atoms with van der Waals surface area (Å²) >= 11 is 12.1. The Hall–Kier alpha value is -2.52. The van der Waals surface area contributed by atoms with Crippen LogP contribution in [0, 0.1) is 5.82 Å². The fourth-order valence-electron chi connectivity index (χ4n) is 2.94. The molecule has 0 saturated carbocycles. The van der Waals surface area contributed by atoms with E-state index in [-0.39, 0.29) is 18.0 Å². The Balaban J connectivity index is 1.81. The van der Waals surface area contributed by atoms with Crippen molar-refractivity contribution in [3.63, 3.8) is 0 Å². The van der Waals surface area contributed by atoms with Crippen molar-refractivity contribution in [2.24, 2.45) is 0 Å². The van der Waals surface area contributed by atoms with Crippen LogP contribution in [0.25, 0.3) is 0 Å². The highest BCUT2D eigenvalue weighted by Gasteiger charge is 2.26. The SMILES string of the molecule is CN(CC(=O)N(Cc1ccc(Cl)c(Cl)c1)Cc1ccccn1)S(=O)(=O)c1ccc(F)cc1. The van der Waals surface area contributed by atoms with E-state index < -0.39 is 28.3 Å². The van der Waals surface area contributed by atoms with Gasteiger partial charge in [-0.2, -0.15) is 4.31 Å². The van der Waals surface area contributed by atoms with Crippen LogP contribution in [0.3, 0.4) is 0 Å². The number of halogens is 3. The number of aromatic nitrogens is 1. The van der Waals surface area contributed by atoms with E-state index in [1.807, 2.05) is 0 Å². The summed E-state index contributed by atoms with van der Waals surface area (Å²) in [5.41, 5.74) is 1.37. The van der Waals surface area contributed by atoms with E-state index in [0.29, 0.717) is 15.7 Å². The second-order valence-electron chi connectivity index (χ2n) is 7.03. The van der Waals surface area contributed by atoms with Crippen molar-refractivity contribution in [2.75, 3.05) is 13.6 Å². The van der Waals surface area contributed by atoms with Gasteiger partial charge in [0.15, 0.2) is 0 Å². The van der Waals surface area contributed by atoms with Crippen LogP contribution >= 0.6 is 23.2 Å². The molecule has 0 aliphatic rings. The minimum Gasteiger partial charge on any atom is -0.331 e. The maximum atomic E-state index is 13.2. The average molecular weight is 496 g/mol. The standard InChI is InChI=1S/C22H20Cl2FN3O3S/c1-27(32(30,31)19-8-6-17(25)7-9-19)15-22(29)28(14-18-4-2-3-11-26-18)13-16-5-10-20(23)21(24)12-16/h2-12H,13-15H2,1H3. The number of benzene rings is 2. The summed E-state index contributed by atoms with van der Waals surface area (Å²) in [6, 6.07) is 14.8. The molecule has 0 aliphatic carbocycles. The maximum absolute atomic E-state index is 13.2. The van der Waals surface area contributed by atoms with Gasteiger partial charge in [0.05, 0.1) is 33.7 Å². The van der Waals surface area contributed by atoms with Gasteiger partial charge < -0.3 is 4.90 Å². The Morgan fingerprint density at radius 2 is 1.72 bits per heavy atom. The lowest BCUT2D eigenvalue weighted by Gasteiger charge is -2.25. The highest BCUT2D eigenvalue weighted by atomic mass is 35.5. The van der Waals surface area contributed by atoms with E-state index in [0.717, 1.165) is 34.1 Å². The van der Waals surface area contributed by atoms with E-state index in [1.165, 1.54) is 11.9 Å². The molecule has 1 aromatic heterocycles. The number of likely N-dealkylation sites (N-methyl/N-ethyl adjacent to an activating group) is 1. The molecule has 32 heavy (non-hydrogen) atoms. The van der Waals surface area contributed by atoms with Crippen molar-refractivity contribution in [2.45, 2.75) is 18.0 Å². The van der Waals surface area contributed by atoms with Crippen LogP contribution in [-0.4, -0.2) is 42.1 Å². The number of sulfonamides is 1. The van der Waals surface area contributed by atoms with Crippen LogP contribution in [0.15, 0.2) is 71.8 Å². The van der Waals surface area contributed by atoms with E-state index in [1.54, 1.807) is 42.6 Å². The van der Waals surface area contributed by atoms with Crippen molar-refractivity contribution in [1.29, 1.82) is 0 Å². The zero-order valence-corrected chi connectivity index (χ0v) is 19.4. The molecule has 0 N–H and O–H groups in total. The van der Waals surface area contributed by atoms with Gasteiger partial charge in [-0.05, 0) is 54.1 Å². The zero-order chi connectivity index (χ0) is 23.3. The zero-order valence-electron chi connectivity index (χ0n) is 17.1. The second kappa shape index (κ2) is 10.4. The summed E-state index contributed by atoms with van der Waals surface area (Å²) in [5, 5.41) is 0.744. The number of hydrogen-bond acceptors (Lipinski definition) is 4. The van der Waals surface area contributed by atoms with Gasteiger partial charge in [-0.3, -0.25) is 9.78 Å². The molecular formula is C22H20Cl2FN3O3S. The topological polar surface area (TPSA) is 70.6 Å². The summed E-state index contributed by atoms with van der Waals surface area (Å²) in [7, 11) is -2.68. The van der Waals surface area contributed by atoms with Crippen LogP contribution in [0.1, 0.15) is 11.3 Å². The van der Waals surface area contributed by atoms with Crippen LogP contribution in [-0.2, 0) is 27.9 Å². The first-order valence-corrected chi connectivity index (χ1v) is 11.7. The highest BCUT2D eigenvalue weighted by molar-refractivity contribution is 7.89. The molecule has 0 unspecified atom stereocenters. The first-order valence-electron chi connectivity index (χ1n) is 9.50. The fraction of sp³-hybridized carbons (Fsp3) is 0.182. The molecule has 0 fully saturated rings. The lowest BCUT2D eigenvalue weighted by atomic mass is 10.2. The Bertz CT molecular complexity index is 1190. The molecule has 0 saturated heterocycles. The normalized spacial score (nSPS) is 11.5. The number of hydrogen-bond donors (Lipinski definition) is 0. The maximum Gasteiger partial charge on any atom is 0.243 e. The van der Waals surface area contributed by atoms with Gasteiger partial charge in [-0.25, -0.2) is 12.8 Å². The molecule has 1 amide bonds. The minimum absolute atomic E-state index is 0.102. The third kappa shape index (κ3) is 6.04. The molecule has 0 spiro atoms. The Morgan fingerprint density at radius 1 is 1.00 bits per heavy atom. The number of carbonyl (C=O) groups is 1. The molecule has 0 aliphatic heterocycles. The molecule has 0 radical (unpaired) electrons. The molecule has 2 aromatic carbocycles. The molecule has 0 bridgehead atoms. The minimum atomic E-state index is -3.98. The van der Waals surface area contributed by atoms with Crippen LogP contribution < -0.4 is 0 Å². The van der Waals surface area contributed by atoms with Gasteiger partial charge in [-0.15, -0.1) is 0 Å². The molecule has 3 aromatic rings. The number of nitrogens with zero attached hydrogens (tertiary/aromatic N) is 3. The second-order valence-corrected chi connectivity index (χ2v) is 9.89. The molecule has 168 valence electrons. The predicted octanol–water partition coefficient (Wildman–Crippen LogP) is 4.38. The van der Waals surface area contributed by atoms with E-state index in [2.05, 4.69) is 4.98 Å². The molecular weight excluding hydrogens is 476 g/mol. The highest BCUT2D eigenvalue weighted by Crippen LogP contribution is 2.24. The van der Waals surface area contributed by atoms with Crippen molar-refractivity contribution in [3.05, 3.63) is 94.0 Å². The molecule has 6 nitrogen and oxygen atoms in total. The summed E-state index contributed by atoms with van der Waals surface area (Å²) in [6.45, 7) is -0.0606. The van der Waals surface area contributed by atoms with Crippen LogP contribution in [0.4, 0.5) is 4.39 Å². The van der Waals surface area contributed by atoms with E-state index >= 15 is 0 Å². The van der Waals surface area contributed by atoms with Crippen molar-refractivity contribution < 1.29 is 17.6 Å². The van der Waals surface area contributed by atoms with Crippen molar-refractivity contribution in [1.82, 2.24) is 14.2 Å². The number of amides is 1. The number of pyridine rings is 1. The summed E-state index contributed by atoms with van der Waals surface area (Å²) < 4.78 is 39.7. The molecule has 1 heterocycles. The van der Waals surface area contributed by atoms with Crippen molar-refractivity contribution >= 4 is 39.1 Å². The summed E-state index contributed by atoms with van der Waals surface area (Å²) in [4.78, 5) is 18.8. The summed E-state index contributed by atoms with van der Waals surface area (Å²) in [5.74, 6) is -0.985. The van der Waals surface area contributed by atoms with E-state index in [9.17, 15) is 17.6 Å². The number of carbonyl (C=O) groups excluding carboxylic acids is 1. The van der Waals surface area contributed by atoms with Gasteiger partial charge in [0, 0.05) is 19.8 Å². The Labute approximate surface area is 196 Å². The quantitative estimate of drug-likeness (QED) is 0.464. The summed E-state index contributed by atoms with van der Waals surface area (Å²) in [6.07, 6.45) is 1.61. The van der Waals surface area contributed by atoms with Gasteiger partial charge in [0.25, 0.3) is 0 Å². The smallest absolute Gasteiger partial charge is 0.243 e. The fourth-order valence-corrected chi connectivity index (χ4v) is 4.38. The van der Waals surface area contributed by atoms with Crippen molar-refractivity contribution in [3.8, 4) is 0 Å². The number of rotatable bonds is 8. The molecule has 0 atom stereocenters. The largest absolute Gasteiger partial charge is 0.331 e. The van der Waals surface area contributed by atoms with Gasteiger partial charge in [-0.1, -0.05) is 35.3 Å². The average Bonchev–Trinajstić information content (AvgIpc) is 2.76.